The molecule has 0 radical (unpaired) electrons. The van der Waals surface area contributed by atoms with Gasteiger partial charge in [-0.05, 0) is 129 Å². The van der Waals surface area contributed by atoms with Crippen LogP contribution in [0.3, 0.4) is 0 Å². The molecule has 0 saturated carbocycles. The van der Waals surface area contributed by atoms with Crippen LogP contribution in [0.15, 0.2) is 146 Å². The molecule has 2 atom stereocenters. The van der Waals surface area contributed by atoms with Gasteiger partial charge >= 0.3 is 0 Å². The number of hydrogen-bond donors (Lipinski definition) is 2. The third-order valence-electron chi connectivity index (χ3n) is 14.2. The lowest BCUT2D eigenvalue weighted by atomic mass is 9.82. The molecule has 0 unspecified atom stereocenters. The maximum atomic E-state index is 13.7. The predicted molar refractivity (Wildman–Crippen MR) is 279 cm³/mol. The molecule has 4 aromatic heterocycles. The predicted octanol–water partition coefficient (Wildman–Crippen LogP) is 10.3. The summed E-state index contributed by atoms with van der Waals surface area (Å²) in [6, 6.07) is 41.7. The SMILES string of the molecule is Cc1cc2nc3n(c2cc1C)C[C@@](NC(=O)c1ccc(-n2cnnc2)cc1Cl)(c1ccccc1)CC3.Cc1ccc2c(c1)nc1n2C[C@@](NC(=O)c2ccc(-n3cnc(C)n3)cc2Cl)(c2ccccc2)CC1. The molecule has 12 rings (SSSR count). The van der Waals surface area contributed by atoms with E-state index < -0.39 is 11.1 Å². The number of fused-ring (bicyclic) bond motifs is 6. The third-order valence-corrected chi connectivity index (χ3v) is 14.8. The summed E-state index contributed by atoms with van der Waals surface area (Å²) in [6.07, 6.45) is 7.78. The molecule has 10 aromatic rings. The molecule has 0 spiro atoms. The van der Waals surface area contributed by atoms with Gasteiger partial charge in [-0.15, -0.1) is 10.2 Å². The van der Waals surface area contributed by atoms with Crippen LogP contribution in [0.5, 0.6) is 0 Å². The molecule has 14 nitrogen and oxygen atoms in total. The summed E-state index contributed by atoms with van der Waals surface area (Å²) < 4.78 is 7.89. The Morgan fingerprint density at radius 2 is 1.10 bits per heavy atom. The molecular formula is C56H50Cl2N12O2. The Balaban J connectivity index is 0.000000156. The van der Waals surface area contributed by atoms with Crippen LogP contribution in [-0.2, 0) is 37.0 Å². The first kappa shape index (κ1) is 46.4. The summed E-state index contributed by atoms with van der Waals surface area (Å²) in [4.78, 5) is 41.3. The zero-order valence-corrected chi connectivity index (χ0v) is 41.7. The standard InChI is InChI=1S/2C28H25ClN6O/c1-18-8-11-25-24(14-18)31-26-12-13-28(16-34(25)26,20-6-4-3-5-7-20)32-27(36)22-10-9-21(15-23(22)29)35-17-30-19(2)33-35;1-18-12-24-25(13-19(18)2)35-15-28(11-10-26(35)32-24,20-6-4-3-5-7-20)33-27(36)22-9-8-21(14-23(22)29)34-16-30-31-17-34/h3-11,14-15,17H,12-13,16H2,1-2H3,(H,32,36);3-9,12-14,16-17H,10-11,15H2,1-2H3,(H,33,36)/t2*28-/m11/s1. The molecule has 16 heteroatoms. The lowest BCUT2D eigenvalue weighted by molar-refractivity contribution is 0.0858. The third kappa shape index (κ3) is 8.70. The fourth-order valence-electron chi connectivity index (χ4n) is 10.2. The van der Waals surface area contributed by atoms with Crippen LogP contribution >= 0.6 is 23.2 Å². The number of amides is 2. The molecule has 0 bridgehead atoms. The Labute approximate surface area is 425 Å². The van der Waals surface area contributed by atoms with Gasteiger partial charge in [-0.3, -0.25) is 14.2 Å². The topological polar surface area (TPSA) is 155 Å². The van der Waals surface area contributed by atoms with E-state index in [0.717, 1.165) is 81.9 Å². The highest BCUT2D eigenvalue weighted by Gasteiger charge is 2.41. The van der Waals surface area contributed by atoms with E-state index in [1.54, 1.807) is 52.5 Å². The number of rotatable bonds is 8. The van der Waals surface area contributed by atoms with E-state index in [-0.39, 0.29) is 11.8 Å². The number of imidazole rings is 2. The van der Waals surface area contributed by atoms with Gasteiger partial charge in [-0.1, -0.05) is 89.9 Å². The smallest absolute Gasteiger partial charge is 0.253 e. The zero-order valence-electron chi connectivity index (χ0n) is 40.1. The van der Waals surface area contributed by atoms with Crippen molar-refractivity contribution in [1.82, 2.24) is 59.3 Å². The molecule has 2 N–H and O–H groups in total. The minimum Gasteiger partial charge on any atom is -0.341 e. The molecule has 2 aliphatic heterocycles. The summed E-state index contributed by atoms with van der Waals surface area (Å²) >= 11 is 13.2. The van der Waals surface area contributed by atoms with E-state index in [4.69, 9.17) is 33.2 Å². The number of nitrogens with one attached hydrogen (secondary N) is 2. The van der Waals surface area contributed by atoms with Crippen LogP contribution in [0.2, 0.25) is 10.0 Å². The summed E-state index contributed by atoms with van der Waals surface area (Å²) in [6.45, 7) is 9.31. The number of halogens is 2. The number of aromatic nitrogens is 10. The molecule has 360 valence electrons. The highest BCUT2D eigenvalue weighted by atomic mass is 35.5. The van der Waals surface area contributed by atoms with Gasteiger partial charge in [0.05, 0.1) is 73.1 Å². The monoisotopic (exact) mass is 992 g/mol. The van der Waals surface area contributed by atoms with Crippen LogP contribution in [-0.4, -0.2) is 60.4 Å². The van der Waals surface area contributed by atoms with Crippen molar-refractivity contribution in [2.45, 2.75) is 77.5 Å². The van der Waals surface area contributed by atoms with E-state index in [2.05, 4.69) is 115 Å². The highest BCUT2D eigenvalue weighted by molar-refractivity contribution is 6.34. The average Bonchev–Trinajstić information content (AvgIpc) is 4.22. The second-order valence-electron chi connectivity index (χ2n) is 18.9. The van der Waals surface area contributed by atoms with Crippen molar-refractivity contribution in [1.29, 1.82) is 0 Å². The number of nitrogens with zero attached hydrogens (tertiary/aromatic N) is 10. The maximum Gasteiger partial charge on any atom is 0.253 e. The fraction of sp³-hybridized carbons (Fsp3) is 0.214. The number of carbonyl (C=O) groups is 2. The average molecular weight is 994 g/mol. The van der Waals surface area contributed by atoms with Crippen LogP contribution in [0.4, 0.5) is 0 Å². The lowest BCUT2D eigenvalue weighted by Gasteiger charge is -2.39. The normalized spacial score (nSPS) is 17.2. The molecule has 0 aliphatic carbocycles. The quantitative estimate of drug-likeness (QED) is 0.152. The van der Waals surface area contributed by atoms with Crippen LogP contribution in [0.25, 0.3) is 33.4 Å². The first-order valence-corrected chi connectivity index (χ1v) is 24.6. The Morgan fingerprint density at radius 3 is 1.65 bits per heavy atom. The van der Waals surface area contributed by atoms with Crippen molar-refractivity contribution in [2.24, 2.45) is 0 Å². The number of aryl methyl sites for hydroxylation is 6. The van der Waals surface area contributed by atoms with Gasteiger partial charge in [0.25, 0.3) is 11.8 Å². The van der Waals surface area contributed by atoms with Crippen LogP contribution in [0.1, 0.15) is 78.8 Å². The molecule has 6 heterocycles. The Morgan fingerprint density at radius 1 is 0.569 bits per heavy atom. The Kier molecular flexibility index (Phi) is 12.0. The van der Waals surface area contributed by atoms with E-state index in [0.29, 0.717) is 40.1 Å². The zero-order chi connectivity index (χ0) is 49.7. The Bertz CT molecular complexity index is 3680. The van der Waals surface area contributed by atoms with Crippen molar-refractivity contribution in [3.63, 3.8) is 0 Å². The second kappa shape index (κ2) is 18.7. The molecule has 0 saturated heterocycles. The number of hydrogen-bond acceptors (Lipinski definition) is 8. The molecule has 2 amide bonds. The van der Waals surface area contributed by atoms with Gasteiger partial charge in [-0.25, -0.2) is 19.6 Å². The van der Waals surface area contributed by atoms with Gasteiger partial charge in [0.15, 0.2) is 0 Å². The summed E-state index contributed by atoms with van der Waals surface area (Å²) in [5.74, 6) is 2.33. The number of benzene rings is 6. The van der Waals surface area contributed by atoms with Crippen molar-refractivity contribution < 1.29 is 9.59 Å². The van der Waals surface area contributed by atoms with Crippen molar-refractivity contribution in [3.8, 4) is 11.4 Å². The van der Waals surface area contributed by atoms with E-state index in [9.17, 15) is 9.59 Å². The lowest BCUT2D eigenvalue weighted by Crippen LogP contribution is -2.51. The minimum atomic E-state index is -0.603. The van der Waals surface area contributed by atoms with Crippen molar-refractivity contribution >= 4 is 57.1 Å². The summed E-state index contributed by atoms with van der Waals surface area (Å²) in [5, 5.41) is 19.5. The van der Waals surface area contributed by atoms with E-state index in [1.165, 1.54) is 16.7 Å². The summed E-state index contributed by atoms with van der Waals surface area (Å²) in [5.41, 5.74) is 11.1. The fourth-order valence-corrected chi connectivity index (χ4v) is 10.7. The minimum absolute atomic E-state index is 0.209. The molecule has 2 aliphatic rings. The van der Waals surface area contributed by atoms with Crippen molar-refractivity contribution in [2.75, 3.05) is 0 Å². The first-order valence-electron chi connectivity index (χ1n) is 23.9. The van der Waals surface area contributed by atoms with Crippen molar-refractivity contribution in [3.05, 3.63) is 213 Å². The maximum absolute atomic E-state index is 13.7. The van der Waals surface area contributed by atoms with Crippen LogP contribution < -0.4 is 10.6 Å². The van der Waals surface area contributed by atoms with E-state index in [1.807, 2.05) is 55.5 Å². The van der Waals surface area contributed by atoms with Gasteiger partial charge in [0.1, 0.15) is 36.5 Å². The first-order chi connectivity index (χ1) is 34.8. The molecule has 72 heavy (non-hydrogen) atoms. The highest BCUT2D eigenvalue weighted by Crippen LogP contribution is 2.39. The summed E-state index contributed by atoms with van der Waals surface area (Å²) in [7, 11) is 0. The second-order valence-corrected chi connectivity index (χ2v) is 19.7. The molecular weight excluding hydrogens is 944 g/mol. The number of carbonyl (C=O) groups excluding carboxylic acids is 2. The van der Waals surface area contributed by atoms with Gasteiger partial charge in [-0.2, -0.15) is 5.10 Å². The molecule has 6 aromatic carbocycles. The Hall–Kier alpha value is -7.94. The van der Waals surface area contributed by atoms with Gasteiger partial charge in [0, 0.05) is 18.5 Å². The van der Waals surface area contributed by atoms with E-state index >= 15 is 0 Å². The van der Waals surface area contributed by atoms with Gasteiger partial charge in [0.2, 0.25) is 0 Å². The molecule has 0 fully saturated rings. The largest absolute Gasteiger partial charge is 0.341 e. The van der Waals surface area contributed by atoms with Crippen LogP contribution in [0, 0.1) is 27.7 Å². The van der Waals surface area contributed by atoms with Gasteiger partial charge < -0.3 is 19.8 Å².